The lowest BCUT2D eigenvalue weighted by molar-refractivity contribution is 0.0196. The van der Waals surface area contributed by atoms with Gasteiger partial charge in [0.05, 0.1) is 22.6 Å². The Hall–Kier alpha value is -2.61. The lowest BCUT2D eigenvalue weighted by Crippen LogP contribution is -2.41. The lowest BCUT2D eigenvalue weighted by Gasteiger charge is -2.30. The van der Waals surface area contributed by atoms with Crippen molar-refractivity contribution < 1.29 is 13.9 Å². The fourth-order valence-electron chi connectivity index (χ4n) is 3.40. The minimum Gasteiger partial charge on any atom is -0.444 e. The molecule has 1 aliphatic rings. The molecule has 4 rings (SSSR count). The molecule has 0 radical (unpaired) electrons. The van der Waals surface area contributed by atoms with Gasteiger partial charge in [0.25, 0.3) is 0 Å². The Morgan fingerprint density at radius 3 is 2.69 bits per heavy atom. The van der Waals surface area contributed by atoms with Gasteiger partial charge in [-0.15, -0.1) is 11.8 Å². The lowest BCUT2D eigenvalue weighted by atomic mass is 10.1. The largest absolute Gasteiger partial charge is 0.444 e. The molecule has 0 saturated carbocycles. The van der Waals surface area contributed by atoms with Gasteiger partial charge in [-0.1, -0.05) is 6.07 Å². The van der Waals surface area contributed by atoms with Crippen LogP contribution in [0.5, 0.6) is 0 Å². The first-order chi connectivity index (χ1) is 13.7. The van der Waals surface area contributed by atoms with Crippen molar-refractivity contribution in [1.29, 1.82) is 0 Å². The van der Waals surface area contributed by atoms with Crippen LogP contribution < -0.4 is 0 Å². The first kappa shape index (κ1) is 19.7. The number of nitrogens with zero attached hydrogens (tertiary/aromatic N) is 4. The van der Waals surface area contributed by atoms with Crippen LogP contribution >= 0.6 is 11.8 Å². The molecule has 29 heavy (non-hydrogen) atoms. The maximum absolute atomic E-state index is 14.8. The van der Waals surface area contributed by atoms with Crippen molar-refractivity contribution in [2.75, 3.05) is 12.8 Å². The van der Waals surface area contributed by atoms with Crippen LogP contribution in [-0.2, 0) is 17.8 Å². The van der Waals surface area contributed by atoms with E-state index in [1.807, 2.05) is 49.8 Å². The van der Waals surface area contributed by atoms with Crippen LogP contribution in [0.3, 0.4) is 0 Å². The molecule has 0 atom stereocenters. The Balaban J connectivity index is 1.67. The standard InChI is InChI=1S/C21H23FN4O2S/c1-21(2,3)28-20(27)25-7-8-26-17-9-14(13-5-6-19(29-4)23-11-13)15(22)10-16(17)24-18(26)12-25/h5-6,9-11H,7-8,12H2,1-4H3. The number of hydrogen-bond acceptors (Lipinski definition) is 5. The average Bonchev–Trinajstić information content (AvgIpc) is 3.02. The monoisotopic (exact) mass is 414 g/mol. The van der Waals surface area contributed by atoms with Gasteiger partial charge >= 0.3 is 6.09 Å². The summed E-state index contributed by atoms with van der Waals surface area (Å²) in [6, 6.07) is 7.03. The van der Waals surface area contributed by atoms with E-state index in [2.05, 4.69) is 9.97 Å². The van der Waals surface area contributed by atoms with Gasteiger partial charge in [-0.25, -0.2) is 19.2 Å². The topological polar surface area (TPSA) is 60.2 Å². The molecule has 0 saturated heterocycles. The zero-order valence-corrected chi connectivity index (χ0v) is 17.7. The average molecular weight is 415 g/mol. The molecule has 0 spiro atoms. The van der Waals surface area contributed by atoms with Gasteiger partial charge in [0.1, 0.15) is 17.2 Å². The molecule has 1 aromatic carbocycles. The van der Waals surface area contributed by atoms with Crippen molar-refractivity contribution >= 4 is 28.9 Å². The number of ether oxygens (including phenoxy) is 1. The van der Waals surface area contributed by atoms with Gasteiger partial charge in [0.15, 0.2) is 0 Å². The molecule has 152 valence electrons. The zero-order chi connectivity index (χ0) is 20.8. The molecule has 0 fully saturated rings. The van der Waals surface area contributed by atoms with Gasteiger partial charge in [0, 0.05) is 36.5 Å². The van der Waals surface area contributed by atoms with E-state index in [1.165, 1.54) is 6.07 Å². The molecule has 0 bridgehead atoms. The number of fused-ring (bicyclic) bond motifs is 3. The third kappa shape index (κ3) is 3.94. The zero-order valence-electron chi connectivity index (χ0n) is 16.9. The Morgan fingerprint density at radius 2 is 2.03 bits per heavy atom. The number of carbonyl (C=O) groups is 1. The van der Waals surface area contributed by atoms with E-state index < -0.39 is 5.60 Å². The predicted octanol–water partition coefficient (Wildman–Crippen LogP) is 4.71. The first-order valence-corrected chi connectivity index (χ1v) is 10.6. The van der Waals surface area contributed by atoms with Gasteiger partial charge in [-0.2, -0.15) is 0 Å². The van der Waals surface area contributed by atoms with Crippen molar-refractivity contribution in [3.05, 3.63) is 42.1 Å². The number of thioether (sulfide) groups is 1. The van der Waals surface area contributed by atoms with Crippen molar-refractivity contribution in [1.82, 2.24) is 19.4 Å². The summed E-state index contributed by atoms with van der Waals surface area (Å²) < 4.78 is 22.3. The number of rotatable bonds is 2. The van der Waals surface area contributed by atoms with E-state index in [9.17, 15) is 9.18 Å². The van der Waals surface area contributed by atoms with Gasteiger partial charge in [-0.3, -0.25) is 4.90 Å². The van der Waals surface area contributed by atoms with Gasteiger partial charge < -0.3 is 9.30 Å². The van der Waals surface area contributed by atoms with Crippen molar-refractivity contribution in [3.8, 4) is 11.1 Å². The summed E-state index contributed by atoms with van der Waals surface area (Å²) in [5.74, 6) is 0.389. The molecular formula is C21H23FN4O2S. The number of benzene rings is 1. The number of pyridine rings is 1. The van der Waals surface area contributed by atoms with Crippen LogP contribution in [0, 0.1) is 5.82 Å². The molecule has 3 heterocycles. The summed E-state index contributed by atoms with van der Waals surface area (Å²) in [6.07, 6.45) is 3.28. The second-order valence-corrected chi connectivity index (χ2v) is 8.82. The smallest absolute Gasteiger partial charge is 0.410 e. The summed E-state index contributed by atoms with van der Waals surface area (Å²) in [5, 5.41) is 0.888. The summed E-state index contributed by atoms with van der Waals surface area (Å²) in [6.45, 7) is 6.97. The summed E-state index contributed by atoms with van der Waals surface area (Å²) in [7, 11) is 0. The van der Waals surface area contributed by atoms with Crippen molar-refractivity contribution in [2.45, 2.75) is 44.5 Å². The Kier molecular flexibility index (Phi) is 4.98. The van der Waals surface area contributed by atoms with E-state index in [1.54, 1.807) is 22.9 Å². The second-order valence-electron chi connectivity index (χ2n) is 7.99. The van der Waals surface area contributed by atoms with Gasteiger partial charge in [-0.05, 0) is 39.2 Å². The van der Waals surface area contributed by atoms with Crippen molar-refractivity contribution in [2.24, 2.45) is 0 Å². The normalized spacial score (nSPS) is 14.2. The van der Waals surface area contributed by atoms with Crippen LogP contribution in [0.2, 0.25) is 0 Å². The summed E-state index contributed by atoms with van der Waals surface area (Å²) in [5.41, 5.74) is 2.11. The fourth-order valence-corrected chi connectivity index (χ4v) is 3.76. The van der Waals surface area contributed by atoms with E-state index >= 15 is 0 Å². The Bertz CT molecular complexity index is 1070. The Morgan fingerprint density at radius 1 is 1.24 bits per heavy atom. The van der Waals surface area contributed by atoms with E-state index in [4.69, 9.17) is 4.74 Å². The summed E-state index contributed by atoms with van der Waals surface area (Å²) >= 11 is 1.54. The summed E-state index contributed by atoms with van der Waals surface area (Å²) in [4.78, 5) is 22.9. The van der Waals surface area contributed by atoms with Crippen LogP contribution in [0.4, 0.5) is 9.18 Å². The molecule has 0 N–H and O–H groups in total. The van der Waals surface area contributed by atoms with Crippen LogP contribution in [0.1, 0.15) is 26.6 Å². The molecule has 8 heteroatoms. The number of carbonyl (C=O) groups excluding carboxylic acids is 1. The van der Waals surface area contributed by atoms with Crippen molar-refractivity contribution in [3.63, 3.8) is 0 Å². The molecule has 1 aliphatic heterocycles. The number of aromatic nitrogens is 3. The quantitative estimate of drug-likeness (QED) is 0.569. The first-order valence-electron chi connectivity index (χ1n) is 9.42. The minimum absolute atomic E-state index is 0.337. The Labute approximate surface area is 173 Å². The second kappa shape index (κ2) is 7.33. The van der Waals surface area contributed by atoms with E-state index in [0.717, 1.165) is 21.9 Å². The maximum Gasteiger partial charge on any atom is 0.410 e. The fraction of sp³-hybridized carbons (Fsp3) is 0.381. The highest BCUT2D eigenvalue weighted by atomic mass is 32.2. The molecule has 2 aromatic heterocycles. The molecule has 6 nitrogen and oxygen atoms in total. The maximum atomic E-state index is 14.8. The third-order valence-electron chi connectivity index (χ3n) is 4.75. The van der Waals surface area contributed by atoms with E-state index in [-0.39, 0.29) is 11.9 Å². The molecule has 3 aromatic rings. The number of hydrogen-bond donors (Lipinski definition) is 0. The third-order valence-corrected chi connectivity index (χ3v) is 5.41. The molecule has 0 aliphatic carbocycles. The molecule has 1 amide bonds. The van der Waals surface area contributed by atoms with Gasteiger partial charge in [0.2, 0.25) is 0 Å². The number of imidazole rings is 1. The SMILES string of the molecule is CSc1ccc(-c2cc3c(cc2F)nc2n3CCN(C(=O)OC(C)(C)C)C2)cn1. The highest BCUT2D eigenvalue weighted by molar-refractivity contribution is 7.98. The van der Waals surface area contributed by atoms with E-state index in [0.29, 0.717) is 30.7 Å². The number of amides is 1. The van der Waals surface area contributed by atoms with Crippen LogP contribution in [-0.4, -0.2) is 43.9 Å². The highest BCUT2D eigenvalue weighted by Crippen LogP contribution is 2.30. The van der Waals surface area contributed by atoms with Crippen LogP contribution in [0.25, 0.3) is 22.2 Å². The predicted molar refractivity (Wildman–Crippen MR) is 111 cm³/mol. The molecular weight excluding hydrogens is 391 g/mol. The minimum atomic E-state index is -0.549. The number of halogens is 1. The van der Waals surface area contributed by atoms with Crippen LogP contribution in [0.15, 0.2) is 35.5 Å². The molecule has 0 unspecified atom stereocenters. The highest BCUT2D eigenvalue weighted by Gasteiger charge is 2.28.